The van der Waals surface area contributed by atoms with Crippen molar-refractivity contribution >= 4 is 28.4 Å². The number of ether oxygens (including phenoxy) is 1. The van der Waals surface area contributed by atoms with Crippen LogP contribution in [0.15, 0.2) is 64.2 Å². The van der Waals surface area contributed by atoms with Crippen molar-refractivity contribution in [2.45, 2.75) is 27.3 Å². The van der Waals surface area contributed by atoms with Crippen LogP contribution in [0.2, 0.25) is 0 Å². The Kier molecular flexibility index (Phi) is 6.33. The molecule has 4 rings (SSSR count). The van der Waals surface area contributed by atoms with E-state index in [0.29, 0.717) is 33.9 Å². The molecule has 0 radical (unpaired) electrons. The minimum absolute atomic E-state index is 0.0956. The topological polar surface area (TPSA) is 112 Å². The molecular weight excluding hydrogens is 448 g/mol. The Hall–Kier alpha value is -4.53. The summed E-state index contributed by atoms with van der Waals surface area (Å²) in [4.78, 5) is 55.8. The number of Topliss-reactive ketones (excluding diaryl/α,β-unsaturated/α-hetero) is 1. The van der Waals surface area contributed by atoms with Crippen molar-refractivity contribution in [3.8, 4) is 11.4 Å². The van der Waals surface area contributed by atoms with E-state index in [1.807, 2.05) is 0 Å². The van der Waals surface area contributed by atoms with E-state index in [2.05, 4.69) is 10.3 Å². The Morgan fingerprint density at radius 3 is 2.37 bits per heavy atom. The lowest BCUT2D eigenvalue weighted by molar-refractivity contribution is -0.116. The average molecular weight is 473 g/mol. The fraction of sp³-hybridized carbons (Fsp3) is 0.192. The van der Waals surface area contributed by atoms with Gasteiger partial charge in [0.05, 0.1) is 18.2 Å². The molecule has 9 heteroatoms. The molecule has 0 aliphatic heterocycles. The number of ketones is 1. The molecular formula is C26H24N4O5. The number of carbonyl (C=O) groups excluding carboxylic acids is 2. The predicted octanol–water partition coefficient (Wildman–Crippen LogP) is 3.01. The van der Waals surface area contributed by atoms with Crippen molar-refractivity contribution in [3.05, 3.63) is 92.3 Å². The Labute approximate surface area is 200 Å². The highest BCUT2D eigenvalue weighted by Gasteiger charge is 2.21. The number of nitrogens with zero attached hydrogens (tertiary/aromatic N) is 3. The number of anilines is 1. The van der Waals surface area contributed by atoms with Crippen molar-refractivity contribution in [2.75, 3.05) is 12.4 Å². The number of aryl methyl sites for hydroxylation is 2. The highest BCUT2D eigenvalue weighted by molar-refractivity contribution is 5.95. The van der Waals surface area contributed by atoms with Gasteiger partial charge in [-0.25, -0.2) is 18.9 Å². The molecule has 0 aliphatic carbocycles. The summed E-state index contributed by atoms with van der Waals surface area (Å²) in [7, 11) is 1.48. The first-order chi connectivity index (χ1) is 16.7. The van der Waals surface area contributed by atoms with E-state index in [1.165, 1.54) is 18.6 Å². The standard InChI is InChI=1S/C26H24N4O5/c1-15-13-16(2)27-24-23(15)25(33)29(26(34)30(24)20-7-5-6-8-21(20)35-4)14-22(32)28-19-11-9-18(10-12-19)17(3)31/h5-13H,14H2,1-4H3,(H,28,32). The van der Waals surface area contributed by atoms with Gasteiger partial charge in [-0.2, -0.15) is 0 Å². The van der Waals surface area contributed by atoms with Crippen molar-refractivity contribution in [3.63, 3.8) is 0 Å². The van der Waals surface area contributed by atoms with E-state index in [-0.39, 0.29) is 16.8 Å². The molecule has 2 aromatic heterocycles. The van der Waals surface area contributed by atoms with E-state index in [9.17, 15) is 19.2 Å². The van der Waals surface area contributed by atoms with Crippen LogP contribution in [0.4, 0.5) is 5.69 Å². The van der Waals surface area contributed by atoms with E-state index >= 15 is 0 Å². The molecule has 2 heterocycles. The second-order valence-electron chi connectivity index (χ2n) is 8.14. The summed E-state index contributed by atoms with van der Waals surface area (Å²) >= 11 is 0. The van der Waals surface area contributed by atoms with E-state index in [4.69, 9.17) is 4.74 Å². The number of hydrogen-bond donors (Lipinski definition) is 1. The average Bonchev–Trinajstić information content (AvgIpc) is 2.82. The van der Waals surface area contributed by atoms with Crippen LogP contribution in [-0.4, -0.2) is 32.9 Å². The van der Waals surface area contributed by atoms with Gasteiger partial charge < -0.3 is 10.1 Å². The fourth-order valence-corrected chi connectivity index (χ4v) is 3.98. The van der Waals surface area contributed by atoms with Crippen LogP contribution in [-0.2, 0) is 11.3 Å². The number of nitrogens with one attached hydrogen (secondary N) is 1. The van der Waals surface area contributed by atoms with Crippen molar-refractivity contribution < 1.29 is 14.3 Å². The maximum absolute atomic E-state index is 13.6. The summed E-state index contributed by atoms with van der Waals surface area (Å²) in [6.45, 7) is 4.48. The summed E-state index contributed by atoms with van der Waals surface area (Å²) in [6.07, 6.45) is 0. The number of methoxy groups -OCH3 is 1. The zero-order chi connectivity index (χ0) is 25.3. The molecule has 35 heavy (non-hydrogen) atoms. The number of fused-ring (bicyclic) bond motifs is 1. The maximum Gasteiger partial charge on any atom is 0.337 e. The second kappa shape index (κ2) is 9.38. The molecule has 1 amide bonds. The van der Waals surface area contributed by atoms with Crippen LogP contribution in [0.5, 0.6) is 5.75 Å². The first-order valence-electron chi connectivity index (χ1n) is 10.9. The van der Waals surface area contributed by atoms with Gasteiger partial charge in [0.25, 0.3) is 5.56 Å². The van der Waals surface area contributed by atoms with Gasteiger partial charge >= 0.3 is 5.69 Å². The first-order valence-corrected chi connectivity index (χ1v) is 10.9. The van der Waals surface area contributed by atoms with Gasteiger partial charge in [-0.1, -0.05) is 12.1 Å². The Balaban J connectivity index is 1.86. The molecule has 2 aromatic carbocycles. The first kappa shape index (κ1) is 23.6. The van der Waals surface area contributed by atoms with Gasteiger partial charge in [0.2, 0.25) is 5.91 Å². The van der Waals surface area contributed by atoms with Crippen LogP contribution < -0.4 is 21.3 Å². The minimum atomic E-state index is -0.716. The lowest BCUT2D eigenvalue weighted by atomic mass is 10.1. The molecule has 0 bridgehead atoms. The molecule has 178 valence electrons. The van der Waals surface area contributed by atoms with Gasteiger partial charge in [0.1, 0.15) is 12.3 Å². The number of hydrogen-bond acceptors (Lipinski definition) is 6. The second-order valence-corrected chi connectivity index (χ2v) is 8.14. The number of pyridine rings is 1. The number of carbonyl (C=O) groups is 2. The number of rotatable bonds is 6. The summed E-state index contributed by atoms with van der Waals surface area (Å²) in [5, 5.41) is 2.90. The zero-order valence-corrected chi connectivity index (χ0v) is 19.8. The van der Waals surface area contributed by atoms with E-state index in [1.54, 1.807) is 68.4 Å². The van der Waals surface area contributed by atoms with Crippen LogP contribution in [0.3, 0.4) is 0 Å². The van der Waals surface area contributed by atoms with Gasteiger partial charge in [0.15, 0.2) is 11.4 Å². The maximum atomic E-state index is 13.6. The fourth-order valence-electron chi connectivity index (χ4n) is 3.98. The summed E-state index contributed by atoms with van der Waals surface area (Å²) in [5.74, 6) is -0.248. The van der Waals surface area contributed by atoms with E-state index < -0.39 is 23.7 Å². The van der Waals surface area contributed by atoms with Crippen molar-refractivity contribution in [1.82, 2.24) is 14.1 Å². The van der Waals surface area contributed by atoms with Crippen LogP contribution in [0, 0.1) is 13.8 Å². The molecule has 0 unspecified atom stereocenters. The Bertz CT molecular complexity index is 1580. The van der Waals surface area contributed by atoms with Crippen LogP contribution in [0.1, 0.15) is 28.5 Å². The van der Waals surface area contributed by atoms with Crippen molar-refractivity contribution in [1.29, 1.82) is 0 Å². The summed E-state index contributed by atoms with van der Waals surface area (Å²) in [6, 6.07) is 15.0. The van der Waals surface area contributed by atoms with Crippen LogP contribution >= 0.6 is 0 Å². The quantitative estimate of drug-likeness (QED) is 0.432. The highest BCUT2D eigenvalue weighted by Crippen LogP contribution is 2.24. The van der Waals surface area contributed by atoms with E-state index in [0.717, 1.165) is 4.57 Å². The third-order valence-electron chi connectivity index (χ3n) is 5.62. The van der Waals surface area contributed by atoms with Gasteiger partial charge in [-0.3, -0.25) is 14.4 Å². The number of amides is 1. The monoisotopic (exact) mass is 472 g/mol. The smallest absolute Gasteiger partial charge is 0.337 e. The molecule has 0 saturated heterocycles. The highest BCUT2D eigenvalue weighted by atomic mass is 16.5. The van der Waals surface area contributed by atoms with Crippen molar-refractivity contribution in [2.24, 2.45) is 0 Å². The summed E-state index contributed by atoms with van der Waals surface area (Å²) < 4.78 is 7.63. The third-order valence-corrected chi connectivity index (χ3v) is 5.62. The lowest BCUT2D eigenvalue weighted by Gasteiger charge is -2.17. The SMILES string of the molecule is COc1ccccc1-n1c(=O)n(CC(=O)Nc2ccc(C(C)=O)cc2)c(=O)c2c(C)cc(C)nc21. The Morgan fingerprint density at radius 2 is 1.71 bits per heavy atom. The number of benzene rings is 2. The number of aromatic nitrogens is 3. The van der Waals surface area contributed by atoms with Gasteiger partial charge in [0, 0.05) is 16.9 Å². The predicted molar refractivity (Wildman–Crippen MR) is 133 cm³/mol. The normalized spacial score (nSPS) is 10.9. The van der Waals surface area contributed by atoms with Crippen LogP contribution in [0.25, 0.3) is 16.7 Å². The zero-order valence-electron chi connectivity index (χ0n) is 19.8. The van der Waals surface area contributed by atoms with Gasteiger partial charge in [-0.05, 0) is 68.8 Å². The molecule has 1 N–H and O–H groups in total. The summed E-state index contributed by atoms with van der Waals surface area (Å²) in [5.41, 5.74) is 1.49. The molecule has 0 fully saturated rings. The molecule has 0 aliphatic rings. The Morgan fingerprint density at radius 1 is 1.03 bits per heavy atom. The lowest BCUT2D eigenvalue weighted by Crippen LogP contribution is -2.42. The largest absolute Gasteiger partial charge is 0.495 e. The molecule has 0 saturated carbocycles. The minimum Gasteiger partial charge on any atom is -0.495 e. The molecule has 0 spiro atoms. The molecule has 9 nitrogen and oxygen atoms in total. The molecule has 4 aromatic rings. The van der Waals surface area contributed by atoms with Gasteiger partial charge in [-0.15, -0.1) is 0 Å². The molecule has 0 atom stereocenters. The number of para-hydroxylation sites is 2. The third kappa shape index (κ3) is 4.48.